The molecule has 15 heavy (non-hydrogen) atoms. The van der Waals surface area contributed by atoms with E-state index in [1.807, 2.05) is 6.92 Å². The van der Waals surface area contributed by atoms with Gasteiger partial charge in [-0.15, -0.1) is 0 Å². The summed E-state index contributed by atoms with van der Waals surface area (Å²) in [6.07, 6.45) is 3.15. The van der Waals surface area contributed by atoms with Crippen molar-refractivity contribution in [1.29, 1.82) is 0 Å². The van der Waals surface area contributed by atoms with Crippen LogP contribution in [0.3, 0.4) is 0 Å². The molecule has 1 aromatic rings. The van der Waals surface area contributed by atoms with Gasteiger partial charge in [-0.2, -0.15) is 0 Å². The molecular weight excluding hydrogens is 192 g/mol. The number of carbonyl (C=O) groups excluding carboxylic acids is 2. The lowest BCUT2D eigenvalue weighted by Gasteiger charge is -2.10. The van der Waals surface area contributed by atoms with E-state index in [0.29, 0.717) is 5.56 Å². The van der Waals surface area contributed by atoms with Crippen LogP contribution >= 0.6 is 0 Å². The standard InChI is InChI=1S/C11H14N2O2/c1-7-4-10(6-12-5-7)11(15)13-8(2)9(3)14/h4-6,8H,1-3H3,(H,13,15). The van der Waals surface area contributed by atoms with Gasteiger partial charge < -0.3 is 5.32 Å². The van der Waals surface area contributed by atoms with Crippen molar-refractivity contribution in [3.63, 3.8) is 0 Å². The highest BCUT2D eigenvalue weighted by atomic mass is 16.2. The average Bonchev–Trinajstić information content (AvgIpc) is 2.17. The van der Waals surface area contributed by atoms with Gasteiger partial charge in [0.05, 0.1) is 11.6 Å². The molecule has 0 aliphatic heterocycles. The fourth-order valence-electron chi connectivity index (χ4n) is 1.06. The van der Waals surface area contributed by atoms with Crippen molar-refractivity contribution in [2.75, 3.05) is 0 Å². The van der Waals surface area contributed by atoms with Crippen molar-refractivity contribution in [3.05, 3.63) is 29.6 Å². The van der Waals surface area contributed by atoms with E-state index in [1.165, 1.54) is 13.1 Å². The van der Waals surface area contributed by atoms with Crippen LogP contribution in [0.4, 0.5) is 0 Å². The minimum Gasteiger partial charge on any atom is -0.342 e. The van der Waals surface area contributed by atoms with E-state index in [2.05, 4.69) is 10.3 Å². The Morgan fingerprint density at radius 2 is 2.07 bits per heavy atom. The largest absolute Gasteiger partial charge is 0.342 e. The van der Waals surface area contributed by atoms with E-state index in [1.54, 1.807) is 19.2 Å². The lowest BCUT2D eigenvalue weighted by Crippen LogP contribution is -2.37. The fourth-order valence-corrected chi connectivity index (χ4v) is 1.06. The Balaban J connectivity index is 2.73. The topological polar surface area (TPSA) is 59.1 Å². The van der Waals surface area contributed by atoms with Gasteiger partial charge in [-0.05, 0) is 32.4 Å². The summed E-state index contributed by atoms with van der Waals surface area (Å²) in [4.78, 5) is 26.5. The lowest BCUT2D eigenvalue weighted by molar-refractivity contribution is -0.118. The number of aromatic nitrogens is 1. The van der Waals surface area contributed by atoms with Gasteiger partial charge in [-0.1, -0.05) is 0 Å². The molecule has 0 fully saturated rings. The number of nitrogens with zero attached hydrogens (tertiary/aromatic N) is 1. The third-order valence-electron chi connectivity index (χ3n) is 2.09. The molecule has 4 heteroatoms. The van der Waals surface area contributed by atoms with Gasteiger partial charge in [-0.25, -0.2) is 0 Å². The maximum Gasteiger partial charge on any atom is 0.253 e. The number of hydrogen-bond donors (Lipinski definition) is 1. The molecule has 0 spiro atoms. The Morgan fingerprint density at radius 1 is 1.40 bits per heavy atom. The van der Waals surface area contributed by atoms with Crippen LogP contribution in [0.15, 0.2) is 18.5 Å². The van der Waals surface area contributed by atoms with E-state index >= 15 is 0 Å². The zero-order valence-electron chi connectivity index (χ0n) is 9.07. The molecular formula is C11H14N2O2. The van der Waals surface area contributed by atoms with Crippen molar-refractivity contribution in [2.45, 2.75) is 26.8 Å². The summed E-state index contributed by atoms with van der Waals surface area (Å²) in [6, 6.07) is 1.27. The fraction of sp³-hybridized carbons (Fsp3) is 0.364. The second-order valence-electron chi connectivity index (χ2n) is 3.56. The normalized spacial score (nSPS) is 11.9. The first kappa shape index (κ1) is 11.4. The van der Waals surface area contributed by atoms with Gasteiger partial charge in [0.2, 0.25) is 0 Å². The van der Waals surface area contributed by atoms with Crippen molar-refractivity contribution in [1.82, 2.24) is 10.3 Å². The SMILES string of the molecule is CC(=O)C(C)NC(=O)c1cncc(C)c1. The molecule has 0 aromatic carbocycles. The second kappa shape index (κ2) is 4.68. The van der Waals surface area contributed by atoms with Gasteiger partial charge in [0, 0.05) is 12.4 Å². The number of Topliss-reactive ketones (excluding diaryl/α,β-unsaturated/α-hetero) is 1. The number of hydrogen-bond acceptors (Lipinski definition) is 3. The molecule has 0 saturated heterocycles. The molecule has 1 atom stereocenters. The maximum atomic E-state index is 11.6. The predicted octanol–water partition coefficient (Wildman–Crippen LogP) is 1.10. The van der Waals surface area contributed by atoms with E-state index in [-0.39, 0.29) is 11.7 Å². The van der Waals surface area contributed by atoms with E-state index in [0.717, 1.165) is 5.56 Å². The molecule has 0 saturated carbocycles. The van der Waals surface area contributed by atoms with Gasteiger partial charge in [0.25, 0.3) is 5.91 Å². The first-order chi connectivity index (χ1) is 7.00. The number of aryl methyl sites for hydroxylation is 1. The molecule has 0 radical (unpaired) electrons. The molecule has 1 rings (SSSR count). The smallest absolute Gasteiger partial charge is 0.253 e. The monoisotopic (exact) mass is 206 g/mol. The van der Waals surface area contributed by atoms with Crippen molar-refractivity contribution < 1.29 is 9.59 Å². The van der Waals surface area contributed by atoms with Crippen LogP contribution < -0.4 is 5.32 Å². The van der Waals surface area contributed by atoms with Crippen LogP contribution in [0.2, 0.25) is 0 Å². The first-order valence-electron chi connectivity index (χ1n) is 4.73. The number of amides is 1. The third-order valence-corrected chi connectivity index (χ3v) is 2.09. The lowest BCUT2D eigenvalue weighted by atomic mass is 10.2. The Kier molecular flexibility index (Phi) is 3.55. The molecule has 0 aliphatic carbocycles. The van der Waals surface area contributed by atoms with Crippen LogP contribution in [-0.4, -0.2) is 22.7 Å². The Hall–Kier alpha value is -1.71. The molecule has 1 amide bonds. The summed E-state index contributed by atoms with van der Waals surface area (Å²) in [5.74, 6) is -0.335. The Morgan fingerprint density at radius 3 is 2.60 bits per heavy atom. The molecule has 0 bridgehead atoms. The highest BCUT2D eigenvalue weighted by Crippen LogP contribution is 2.01. The van der Waals surface area contributed by atoms with Gasteiger partial charge >= 0.3 is 0 Å². The van der Waals surface area contributed by atoms with Crippen LogP contribution in [0.1, 0.15) is 29.8 Å². The van der Waals surface area contributed by atoms with Crippen LogP contribution in [0, 0.1) is 6.92 Å². The summed E-state index contributed by atoms with van der Waals surface area (Å²) in [5, 5.41) is 2.59. The molecule has 1 aromatic heterocycles. The van der Waals surface area contributed by atoms with Crippen LogP contribution in [-0.2, 0) is 4.79 Å². The number of rotatable bonds is 3. The number of carbonyl (C=O) groups is 2. The molecule has 80 valence electrons. The predicted molar refractivity (Wildman–Crippen MR) is 56.6 cm³/mol. The number of nitrogens with one attached hydrogen (secondary N) is 1. The van der Waals surface area contributed by atoms with Crippen molar-refractivity contribution in [2.24, 2.45) is 0 Å². The molecule has 1 unspecified atom stereocenters. The minimum absolute atomic E-state index is 0.0658. The van der Waals surface area contributed by atoms with Crippen molar-refractivity contribution in [3.8, 4) is 0 Å². The molecule has 4 nitrogen and oxygen atoms in total. The first-order valence-corrected chi connectivity index (χ1v) is 4.73. The Bertz CT molecular complexity index is 388. The highest BCUT2D eigenvalue weighted by Gasteiger charge is 2.12. The quantitative estimate of drug-likeness (QED) is 0.805. The third kappa shape index (κ3) is 3.16. The van der Waals surface area contributed by atoms with E-state index in [9.17, 15) is 9.59 Å². The highest BCUT2D eigenvalue weighted by molar-refractivity contribution is 5.97. The summed E-state index contributed by atoms with van der Waals surface area (Å²) in [5.41, 5.74) is 1.39. The minimum atomic E-state index is -0.460. The maximum absolute atomic E-state index is 11.6. The zero-order valence-corrected chi connectivity index (χ0v) is 9.07. The van der Waals surface area contributed by atoms with Crippen LogP contribution in [0.5, 0.6) is 0 Å². The second-order valence-corrected chi connectivity index (χ2v) is 3.56. The Labute approximate surface area is 88.7 Å². The summed E-state index contributed by atoms with van der Waals surface area (Å²) in [7, 11) is 0. The van der Waals surface area contributed by atoms with Gasteiger partial charge in [-0.3, -0.25) is 14.6 Å². The zero-order chi connectivity index (χ0) is 11.4. The van der Waals surface area contributed by atoms with Crippen molar-refractivity contribution >= 4 is 11.7 Å². The molecule has 1 heterocycles. The van der Waals surface area contributed by atoms with Gasteiger partial charge in [0.1, 0.15) is 0 Å². The van der Waals surface area contributed by atoms with Crippen LogP contribution in [0.25, 0.3) is 0 Å². The summed E-state index contributed by atoms with van der Waals surface area (Å²) in [6.45, 7) is 4.96. The van der Waals surface area contributed by atoms with E-state index < -0.39 is 6.04 Å². The summed E-state index contributed by atoms with van der Waals surface area (Å²) < 4.78 is 0. The summed E-state index contributed by atoms with van der Waals surface area (Å²) >= 11 is 0. The molecule has 0 aliphatic rings. The molecule has 1 N–H and O–H groups in total. The number of pyridine rings is 1. The van der Waals surface area contributed by atoms with E-state index in [4.69, 9.17) is 0 Å². The number of ketones is 1. The van der Waals surface area contributed by atoms with Gasteiger partial charge in [0.15, 0.2) is 5.78 Å². The average molecular weight is 206 g/mol.